The molecule has 0 radical (unpaired) electrons. The van der Waals surface area contributed by atoms with Gasteiger partial charge >= 0.3 is 0 Å². The monoisotopic (exact) mass is 279 g/mol. The average Bonchev–Trinajstić information content (AvgIpc) is 2.46. The lowest BCUT2D eigenvalue weighted by molar-refractivity contribution is -0.385. The first-order valence-corrected chi connectivity index (χ1v) is 6.94. The molecule has 1 aliphatic heterocycles. The third-order valence-corrected chi connectivity index (χ3v) is 3.97. The van der Waals surface area contributed by atoms with Gasteiger partial charge in [-0.15, -0.1) is 0 Å². The summed E-state index contributed by atoms with van der Waals surface area (Å²) < 4.78 is 0. The van der Waals surface area contributed by atoms with Gasteiger partial charge in [-0.25, -0.2) is 0 Å². The van der Waals surface area contributed by atoms with E-state index in [0.717, 1.165) is 31.9 Å². The molecule has 20 heavy (non-hydrogen) atoms. The fourth-order valence-electron chi connectivity index (χ4n) is 2.77. The number of nitrogens with zero attached hydrogens (tertiary/aromatic N) is 3. The summed E-state index contributed by atoms with van der Waals surface area (Å²) in [6, 6.07) is 5.44. The van der Waals surface area contributed by atoms with Crippen molar-refractivity contribution in [3.8, 4) is 0 Å². The van der Waals surface area contributed by atoms with Crippen molar-refractivity contribution < 1.29 is 10.0 Å². The third kappa shape index (κ3) is 2.91. The molecular formula is C14H21N3O3. The number of nitro benzene ring substituents is 1. The van der Waals surface area contributed by atoms with Crippen LogP contribution < -0.4 is 4.90 Å². The van der Waals surface area contributed by atoms with Gasteiger partial charge in [0.1, 0.15) is 0 Å². The van der Waals surface area contributed by atoms with Crippen molar-refractivity contribution in [3.05, 3.63) is 33.9 Å². The van der Waals surface area contributed by atoms with Crippen LogP contribution in [-0.4, -0.2) is 47.2 Å². The molecule has 0 aliphatic carbocycles. The highest BCUT2D eigenvalue weighted by atomic mass is 16.6. The molecular weight excluding hydrogens is 258 g/mol. The minimum absolute atomic E-state index is 0.0171. The van der Waals surface area contributed by atoms with E-state index in [1.54, 1.807) is 12.1 Å². The van der Waals surface area contributed by atoms with Gasteiger partial charge in [-0.2, -0.15) is 0 Å². The van der Waals surface area contributed by atoms with Crippen molar-refractivity contribution in [1.29, 1.82) is 0 Å². The SMILES string of the molecule is CCN1CCN(c2ccc([N+](=O)[O-])c(CO)c2)CC1C. The van der Waals surface area contributed by atoms with Crippen LogP contribution in [0, 0.1) is 10.1 Å². The van der Waals surface area contributed by atoms with Crippen molar-refractivity contribution in [2.45, 2.75) is 26.5 Å². The zero-order valence-electron chi connectivity index (χ0n) is 12.0. The van der Waals surface area contributed by atoms with Gasteiger partial charge in [0.2, 0.25) is 0 Å². The summed E-state index contributed by atoms with van der Waals surface area (Å²) in [7, 11) is 0. The van der Waals surface area contributed by atoms with Crippen molar-refractivity contribution in [2.75, 3.05) is 31.1 Å². The minimum Gasteiger partial charge on any atom is -0.391 e. The molecule has 1 heterocycles. The molecule has 1 fully saturated rings. The Labute approximate surface area is 118 Å². The molecule has 1 atom stereocenters. The number of likely N-dealkylation sites (N-methyl/N-ethyl adjacent to an activating group) is 1. The molecule has 0 spiro atoms. The topological polar surface area (TPSA) is 69.9 Å². The fraction of sp³-hybridized carbons (Fsp3) is 0.571. The Bertz CT molecular complexity index is 493. The van der Waals surface area contributed by atoms with Gasteiger partial charge in [-0.1, -0.05) is 6.92 Å². The van der Waals surface area contributed by atoms with Crippen molar-refractivity contribution in [3.63, 3.8) is 0 Å². The lowest BCUT2D eigenvalue weighted by atomic mass is 10.1. The molecule has 1 saturated heterocycles. The lowest BCUT2D eigenvalue weighted by Crippen LogP contribution is -2.51. The maximum atomic E-state index is 10.9. The maximum absolute atomic E-state index is 10.9. The molecule has 0 amide bonds. The smallest absolute Gasteiger partial charge is 0.275 e. The molecule has 6 nitrogen and oxygen atoms in total. The number of hydrogen-bond acceptors (Lipinski definition) is 5. The van der Waals surface area contributed by atoms with E-state index in [9.17, 15) is 15.2 Å². The first-order valence-electron chi connectivity index (χ1n) is 6.94. The Morgan fingerprint density at radius 1 is 1.45 bits per heavy atom. The molecule has 110 valence electrons. The third-order valence-electron chi connectivity index (χ3n) is 3.97. The van der Waals surface area contributed by atoms with E-state index in [1.807, 2.05) is 0 Å². The Hall–Kier alpha value is -1.66. The largest absolute Gasteiger partial charge is 0.391 e. The Morgan fingerprint density at radius 2 is 2.20 bits per heavy atom. The predicted molar refractivity (Wildman–Crippen MR) is 77.9 cm³/mol. The fourth-order valence-corrected chi connectivity index (χ4v) is 2.77. The molecule has 1 aromatic rings. The van der Waals surface area contributed by atoms with E-state index in [1.165, 1.54) is 6.07 Å². The molecule has 1 N–H and O–H groups in total. The first kappa shape index (κ1) is 14.7. The van der Waals surface area contributed by atoms with E-state index in [2.05, 4.69) is 23.6 Å². The van der Waals surface area contributed by atoms with Crippen LogP contribution in [0.2, 0.25) is 0 Å². The molecule has 2 rings (SSSR count). The van der Waals surface area contributed by atoms with E-state index < -0.39 is 4.92 Å². The van der Waals surface area contributed by atoms with Gasteiger partial charge in [-0.3, -0.25) is 15.0 Å². The van der Waals surface area contributed by atoms with Crippen LogP contribution in [0.1, 0.15) is 19.4 Å². The van der Waals surface area contributed by atoms with Crippen molar-refractivity contribution in [1.82, 2.24) is 4.90 Å². The van der Waals surface area contributed by atoms with Gasteiger partial charge in [0.25, 0.3) is 5.69 Å². The lowest BCUT2D eigenvalue weighted by Gasteiger charge is -2.40. The van der Waals surface area contributed by atoms with Crippen LogP contribution in [0.4, 0.5) is 11.4 Å². The maximum Gasteiger partial charge on any atom is 0.275 e. The molecule has 1 aliphatic rings. The zero-order valence-corrected chi connectivity index (χ0v) is 12.0. The van der Waals surface area contributed by atoms with Crippen molar-refractivity contribution in [2.24, 2.45) is 0 Å². The summed E-state index contributed by atoms with van der Waals surface area (Å²) in [5.74, 6) is 0. The van der Waals surface area contributed by atoms with Crippen LogP contribution in [0.15, 0.2) is 18.2 Å². The highest BCUT2D eigenvalue weighted by Crippen LogP contribution is 2.26. The molecule has 6 heteroatoms. The second-order valence-corrected chi connectivity index (χ2v) is 5.15. The van der Waals surface area contributed by atoms with E-state index in [-0.39, 0.29) is 12.3 Å². The second-order valence-electron chi connectivity index (χ2n) is 5.15. The number of piperazine rings is 1. The van der Waals surface area contributed by atoms with Crippen LogP contribution in [0.5, 0.6) is 0 Å². The molecule has 0 aromatic heterocycles. The van der Waals surface area contributed by atoms with Gasteiger partial charge in [0.15, 0.2) is 0 Å². The Kier molecular flexibility index (Phi) is 4.57. The van der Waals surface area contributed by atoms with E-state index >= 15 is 0 Å². The average molecular weight is 279 g/mol. The number of aliphatic hydroxyl groups is 1. The van der Waals surface area contributed by atoms with Gasteiger partial charge in [0.05, 0.1) is 17.1 Å². The number of aliphatic hydroxyl groups excluding tert-OH is 1. The summed E-state index contributed by atoms with van der Waals surface area (Å²) in [6.45, 7) is 7.86. The molecule has 0 bridgehead atoms. The summed E-state index contributed by atoms with van der Waals surface area (Å²) in [5.41, 5.74) is 1.30. The Morgan fingerprint density at radius 3 is 2.75 bits per heavy atom. The van der Waals surface area contributed by atoms with Gasteiger partial charge in [-0.05, 0) is 25.6 Å². The van der Waals surface area contributed by atoms with Crippen molar-refractivity contribution >= 4 is 11.4 Å². The zero-order chi connectivity index (χ0) is 14.7. The minimum atomic E-state index is -0.451. The second kappa shape index (κ2) is 6.19. The summed E-state index contributed by atoms with van der Waals surface area (Å²) in [5, 5.41) is 20.2. The normalized spacial score (nSPS) is 20.1. The summed E-state index contributed by atoms with van der Waals surface area (Å²) >= 11 is 0. The highest BCUT2D eigenvalue weighted by Gasteiger charge is 2.23. The molecule has 1 unspecified atom stereocenters. The van der Waals surface area contributed by atoms with Crippen LogP contribution in [0.3, 0.4) is 0 Å². The summed E-state index contributed by atoms with van der Waals surface area (Å²) in [6.07, 6.45) is 0. The van der Waals surface area contributed by atoms with Crippen LogP contribution in [-0.2, 0) is 6.61 Å². The Balaban J connectivity index is 2.20. The highest BCUT2D eigenvalue weighted by molar-refractivity contribution is 5.56. The predicted octanol–water partition coefficient (Wildman–Crippen LogP) is 1.62. The number of hydrogen-bond donors (Lipinski definition) is 1. The molecule has 1 aromatic carbocycles. The van der Waals surface area contributed by atoms with Gasteiger partial charge in [0, 0.05) is 37.4 Å². The number of rotatable bonds is 4. The van der Waals surface area contributed by atoms with E-state index in [4.69, 9.17) is 0 Å². The quantitative estimate of drug-likeness (QED) is 0.670. The number of nitro groups is 1. The standard InChI is InChI=1S/C14H21N3O3/c1-3-15-6-7-16(9-11(15)2)13-4-5-14(17(19)20)12(8-13)10-18/h4-5,8,11,18H,3,6-7,9-10H2,1-2H3. The van der Waals surface area contributed by atoms with Gasteiger partial charge < -0.3 is 10.0 Å². The first-order chi connectivity index (χ1) is 9.56. The van der Waals surface area contributed by atoms with Crippen LogP contribution in [0.25, 0.3) is 0 Å². The summed E-state index contributed by atoms with van der Waals surface area (Å²) in [4.78, 5) is 15.1. The van der Waals surface area contributed by atoms with E-state index in [0.29, 0.717) is 11.6 Å². The van der Waals surface area contributed by atoms with Crippen LogP contribution >= 0.6 is 0 Å². The number of benzene rings is 1. The molecule has 0 saturated carbocycles. The number of anilines is 1.